The Morgan fingerprint density at radius 1 is 1.09 bits per heavy atom. The number of esters is 1. The summed E-state index contributed by atoms with van der Waals surface area (Å²) in [6, 6.07) is 5.11. The van der Waals surface area contributed by atoms with E-state index in [1.165, 1.54) is 35.6 Å². The summed E-state index contributed by atoms with van der Waals surface area (Å²) in [7, 11) is -2.45. The second kappa shape index (κ2) is 10.8. The molecule has 2 aromatic rings. The number of ether oxygens (including phenoxy) is 1. The van der Waals surface area contributed by atoms with E-state index in [1.807, 2.05) is 13.8 Å². The Kier molecular flexibility index (Phi) is 8.56. The third kappa shape index (κ3) is 5.45. The van der Waals surface area contributed by atoms with Gasteiger partial charge in [-0.2, -0.15) is 4.31 Å². The Morgan fingerprint density at radius 2 is 1.65 bits per heavy atom. The quantitative estimate of drug-likeness (QED) is 0.377. The molecule has 0 amide bonds. The molecule has 0 aliphatic rings. The van der Waals surface area contributed by atoms with Gasteiger partial charge in [0.25, 0.3) is 5.56 Å². The first-order valence-corrected chi connectivity index (χ1v) is 12.2. The first kappa shape index (κ1) is 27.0. The molecule has 1 heterocycles. The molecule has 11 nitrogen and oxygen atoms in total. The predicted molar refractivity (Wildman–Crippen MR) is 126 cm³/mol. The molecule has 0 fully saturated rings. The van der Waals surface area contributed by atoms with Crippen molar-refractivity contribution in [2.24, 2.45) is 13.0 Å². The standard InChI is InChI=1S/C22H30N4O7S/c1-6-25(7-2)34(31,32)16-10-8-15(9-11-16)21(29)33-13-17(27)18-19(23)26(12-14(3)4)22(30)24(5)20(18)28/h8-11,14H,6-7,12-13,23H2,1-5H3. The highest BCUT2D eigenvalue weighted by atomic mass is 32.2. The van der Waals surface area contributed by atoms with Crippen molar-refractivity contribution in [3.8, 4) is 0 Å². The topological polar surface area (TPSA) is 151 Å². The lowest BCUT2D eigenvalue weighted by atomic mass is 10.1. The van der Waals surface area contributed by atoms with Crippen LogP contribution >= 0.6 is 0 Å². The summed E-state index contributed by atoms with van der Waals surface area (Å²) in [6.07, 6.45) is 0. The largest absolute Gasteiger partial charge is 0.454 e. The van der Waals surface area contributed by atoms with Gasteiger partial charge in [-0.05, 0) is 30.2 Å². The smallest absolute Gasteiger partial charge is 0.338 e. The molecule has 186 valence electrons. The number of benzene rings is 1. The van der Waals surface area contributed by atoms with Crippen molar-refractivity contribution >= 4 is 27.6 Å². The van der Waals surface area contributed by atoms with Gasteiger partial charge in [0.2, 0.25) is 15.8 Å². The van der Waals surface area contributed by atoms with Gasteiger partial charge in [0.1, 0.15) is 11.4 Å². The molecule has 12 heteroatoms. The molecule has 1 aromatic carbocycles. The lowest BCUT2D eigenvalue weighted by Crippen LogP contribution is -2.43. The summed E-state index contributed by atoms with van der Waals surface area (Å²) in [5.41, 5.74) is 4.01. The van der Waals surface area contributed by atoms with Crippen LogP contribution in [-0.2, 0) is 28.4 Å². The average molecular weight is 495 g/mol. The summed E-state index contributed by atoms with van der Waals surface area (Å²) >= 11 is 0. The SMILES string of the molecule is CCN(CC)S(=O)(=O)c1ccc(C(=O)OCC(=O)c2c(N)n(CC(C)C)c(=O)n(C)c2=O)cc1. The third-order valence-corrected chi connectivity index (χ3v) is 7.24. The number of ketones is 1. The first-order chi connectivity index (χ1) is 15.9. The van der Waals surface area contributed by atoms with Crippen molar-refractivity contribution in [3.63, 3.8) is 0 Å². The Bertz CT molecular complexity index is 1290. The maximum Gasteiger partial charge on any atom is 0.338 e. The number of anilines is 1. The number of nitrogens with two attached hydrogens (primary N) is 1. The molecule has 0 radical (unpaired) electrons. The van der Waals surface area contributed by atoms with Crippen molar-refractivity contribution < 1.29 is 22.7 Å². The Hall–Kier alpha value is -3.25. The van der Waals surface area contributed by atoms with Gasteiger partial charge >= 0.3 is 11.7 Å². The van der Waals surface area contributed by atoms with Crippen LogP contribution in [0.1, 0.15) is 48.4 Å². The summed E-state index contributed by atoms with van der Waals surface area (Å²) in [5, 5.41) is 0. The zero-order valence-electron chi connectivity index (χ0n) is 19.9. The highest BCUT2D eigenvalue weighted by molar-refractivity contribution is 7.89. The molecule has 34 heavy (non-hydrogen) atoms. The van der Waals surface area contributed by atoms with Gasteiger partial charge in [0, 0.05) is 26.7 Å². The minimum atomic E-state index is -3.69. The lowest BCUT2D eigenvalue weighted by Gasteiger charge is -2.18. The maximum absolute atomic E-state index is 12.7. The van der Waals surface area contributed by atoms with Gasteiger partial charge < -0.3 is 10.5 Å². The Balaban J connectivity index is 2.23. The van der Waals surface area contributed by atoms with Crippen LogP contribution in [0, 0.1) is 5.92 Å². The van der Waals surface area contributed by atoms with Crippen LogP contribution in [-0.4, -0.2) is 53.3 Å². The van der Waals surface area contributed by atoms with Crippen molar-refractivity contribution in [2.75, 3.05) is 25.4 Å². The molecular formula is C22H30N4O7S. The van der Waals surface area contributed by atoms with Crippen LogP contribution < -0.4 is 17.0 Å². The van der Waals surface area contributed by atoms with E-state index in [1.54, 1.807) is 13.8 Å². The maximum atomic E-state index is 12.7. The number of hydrogen-bond acceptors (Lipinski definition) is 8. The summed E-state index contributed by atoms with van der Waals surface area (Å²) in [6.45, 7) is 7.16. The average Bonchev–Trinajstić information content (AvgIpc) is 2.79. The molecule has 0 aliphatic carbocycles. The van der Waals surface area contributed by atoms with Crippen LogP contribution in [0.25, 0.3) is 0 Å². The number of carbonyl (C=O) groups excluding carboxylic acids is 2. The van der Waals surface area contributed by atoms with Crippen LogP contribution in [0.4, 0.5) is 5.82 Å². The molecule has 0 atom stereocenters. The van der Waals surface area contributed by atoms with Crippen LogP contribution in [0.2, 0.25) is 0 Å². The van der Waals surface area contributed by atoms with Gasteiger partial charge in [0.05, 0.1) is 10.5 Å². The second-order valence-corrected chi connectivity index (χ2v) is 9.96. The van der Waals surface area contributed by atoms with Crippen molar-refractivity contribution in [2.45, 2.75) is 39.1 Å². The van der Waals surface area contributed by atoms with Crippen LogP contribution in [0.5, 0.6) is 0 Å². The highest BCUT2D eigenvalue weighted by Gasteiger charge is 2.24. The van der Waals surface area contributed by atoms with E-state index in [0.29, 0.717) is 13.1 Å². The van der Waals surface area contributed by atoms with E-state index in [0.717, 1.165) is 9.13 Å². The predicted octanol–water partition coefficient (Wildman–Crippen LogP) is 0.855. The van der Waals surface area contributed by atoms with E-state index >= 15 is 0 Å². The van der Waals surface area contributed by atoms with Gasteiger partial charge in [-0.1, -0.05) is 27.7 Å². The van der Waals surface area contributed by atoms with Gasteiger partial charge in [-0.25, -0.2) is 18.0 Å². The molecule has 0 saturated carbocycles. The van der Waals surface area contributed by atoms with E-state index in [-0.39, 0.29) is 28.7 Å². The van der Waals surface area contributed by atoms with Crippen molar-refractivity contribution in [1.29, 1.82) is 0 Å². The van der Waals surface area contributed by atoms with Gasteiger partial charge in [-0.15, -0.1) is 0 Å². The molecule has 0 bridgehead atoms. The molecule has 0 aliphatic heterocycles. The number of sulfonamides is 1. The second-order valence-electron chi connectivity index (χ2n) is 8.02. The number of hydrogen-bond donors (Lipinski definition) is 1. The number of nitrogen functional groups attached to an aromatic ring is 1. The minimum Gasteiger partial charge on any atom is -0.454 e. The molecule has 1 aromatic heterocycles. The normalized spacial score (nSPS) is 11.7. The summed E-state index contributed by atoms with van der Waals surface area (Å²) in [5.74, 6) is -2.00. The molecule has 0 spiro atoms. The monoisotopic (exact) mass is 494 g/mol. The van der Waals surface area contributed by atoms with Gasteiger partial charge in [-0.3, -0.25) is 18.7 Å². The van der Waals surface area contributed by atoms with E-state index in [9.17, 15) is 27.6 Å². The molecule has 2 N–H and O–H groups in total. The molecular weight excluding hydrogens is 464 g/mol. The van der Waals surface area contributed by atoms with Crippen molar-refractivity contribution in [1.82, 2.24) is 13.4 Å². The zero-order valence-corrected chi connectivity index (χ0v) is 20.7. The molecule has 0 saturated heterocycles. The van der Waals surface area contributed by atoms with Crippen molar-refractivity contribution in [3.05, 3.63) is 56.2 Å². The third-order valence-electron chi connectivity index (χ3n) is 5.18. The fraction of sp³-hybridized carbons (Fsp3) is 0.455. The summed E-state index contributed by atoms with van der Waals surface area (Å²) in [4.78, 5) is 49.9. The van der Waals surface area contributed by atoms with Crippen LogP contribution in [0.3, 0.4) is 0 Å². The molecule has 2 rings (SSSR count). The number of Topliss-reactive ketones (excluding diaryl/α,β-unsaturated/α-hetero) is 1. The number of carbonyl (C=O) groups is 2. The summed E-state index contributed by atoms with van der Waals surface area (Å²) < 4.78 is 33.3. The van der Waals surface area contributed by atoms with E-state index in [2.05, 4.69) is 0 Å². The zero-order chi connectivity index (χ0) is 25.8. The van der Waals surface area contributed by atoms with Gasteiger partial charge in [0.15, 0.2) is 6.61 Å². The highest BCUT2D eigenvalue weighted by Crippen LogP contribution is 2.17. The lowest BCUT2D eigenvalue weighted by molar-refractivity contribution is 0.0474. The number of rotatable bonds is 10. The Morgan fingerprint density at radius 3 is 2.15 bits per heavy atom. The fourth-order valence-electron chi connectivity index (χ4n) is 3.35. The number of aromatic nitrogens is 2. The first-order valence-electron chi connectivity index (χ1n) is 10.8. The number of nitrogens with zero attached hydrogens (tertiary/aromatic N) is 3. The Labute approximate surface area is 197 Å². The fourth-order valence-corrected chi connectivity index (χ4v) is 4.81. The van der Waals surface area contributed by atoms with Crippen LogP contribution in [0.15, 0.2) is 38.8 Å². The minimum absolute atomic E-state index is 0.0202. The molecule has 0 unspecified atom stereocenters. The van der Waals surface area contributed by atoms with E-state index in [4.69, 9.17) is 10.5 Å². The van der Waals surface area contributed by atoms with E-state index < -0.39 is 45.2 Å².